The molecule has 0 radical (unpaired) electrons. The third kappa shape index (κ3) is 3.22. The van der Waals surface area contributed by atoms with E-state index in [1.54, 1.807) is 11.1 Å². The molecule has 0 aliphatic carbocycles. The van der Waals surface area contributed by atoms with E-state index in [-0.39, 0.29) is 0 Å². The molecule has 1 atom stereocenters. The van der Waals surface area contributed by atoms with Gasteiger partial charge in [0.2, 0.25) is 0 Å². The number of nitrogens with zero attached hydrogens (tertiary/aromatic N) is 1. The largest absolute Gasteiger partial charge is 0.287 e. The van der Waals surface area contributed by atoms with Crippen LogP contribution in [0.15, 0.2) is 54.6 Å². The van der Waals surface area contributed by atoms with Gasteiger partial charge in [-0.25, -0.2) is 0 Å². The third-order valence-corrected chi connectivity index (χ3v) is 7.02. The first-order chi connectivity index (χ1) is 12.7. The second kappa shape index (κ2) is 7.56. The van der Waals surface area contributed by atoms with Crippen LogP contribution in [0.1, 0.15) is 45.0 Å². The number of benzene rings is 2. The van der Waals surface area contributed by atoms with E-state index in [0.29, 0.717) is 6.04 Å². The fourth-order valence-corrected chi connectivity index (χ4v) is 5.83. The topological polar surface area (TPSA) is 3.24 Å². The lowest BCUT2D eigenvalue weighted by Crippen LogP contribution is -2.35. The highest BCUT2D eigenvalue weighted by Crippen LogP contribution is 2.43. The average Bonchev–Trinajstić information content (AvgIpc) is 2.99. The summed E-state index contributed by atoms with van der Waals surface area (Å²) in [5.74, 6) is 0. The number of thiophene rings is 1. The molecule has 1 nitrogen and oxygen atoms in total. The molecule has 1 aliphatic rings. The summed E-state index contributed by atoms with van der Waals surface area (Å²) in [6, 6.07) is 19.5. The predicted octanol–water partition coefficient (Wildman–Crippen LogP) is 6.42. The predicted molar refractivity (Wildman–Crippen MR) is 112 cm³/mol. The van der Waals surface area contributed by atoms with Crippen LogP contribution in [0, 0.1) is 6.92 Å². The Kier molecular flexibility index (Phi) is 5.17. The lowest BCUT2D eigenvalue weighted by Gasteiger charge is -2.36. The Morgan fingerprint density at radius 2 is 1.81 bits per heavy atom. The Bertz CT molecular complexity index is 900. The summed E-state index contributed by atoms with van der Waals surface area (Å²) in [6.45, 7) is 6.52. The molecule has 3 heteroatoms. The normalized spacial score (nSPS) is 17.3. The van der Waals surface area contributed by atoms with Crippen molar-refractivity contribution in [1.82, 2.24) is 4.90 Å². The van der Waals surface area contributed by atoms with Crippen LogP contribution in [-0.4, -0.2) is 11.4 Å². The Balaban J connectivity index is 1.78. The first-order valence-corrected chi connectivity index (χ1v) is 10.5. The van der Waals surface area contributed by atoms with Crippen LogP contribution < -0.4 is 0 Å². The molecule has 0 spiro atoms. The summed E-state index contributed by atoms with van der Waals surface area (Å²) in [7, 11) is 0. The van der Waals surface area contributed by atoms with Gasteiger partial charge in [0.15, 0.2) is 0 Å². The van der Waals surface area contributed by atoms with Gasteiger partial charge in [-0.15, -0.1) is 11.3 Å². The zero-order chi connectivity index (χ0) is 18.1. The van der Waals surface area contributed by atoms with E-state index in [9.17, 15) is 0 Å². The number of aryl methyl sites for hydroxylation is 1. The summed E-state index contributed by atoms with van der Waals surface area (Å²) < 4.78 is 0. The third-order valence-electron chi connectivity index (χ3n) is 5.41. The SMILES string of the molecule is CCc1c(C)sc2c1CCN(Cc1ccccc1Cl)[C@@H]2c1ccccc1. The summed E-state index contributed by atoms with van der Waals surface area (Å²) in [5, 5.41) is 0.863. The Morgan fingerprint density at radius 3 is 2.54 bits per heavy atom. The van der Waals surface area contributed by atoms with Crippen molar-refractivity contribution in [3.05, 3.63) is 91.6 Å². The Hall–Kier alpha value is -1.61. The van der Waals surface area contributed by atoms with Crippen molar-refractivity contribution in [2.45, 2.75) is 39.3 Å². The molecule has 1 aromatic heterocycles. The minimum Gasteiger partial charge on any atom is -0.287 e. The smallest absolute Gasteiger partial charge is 0.0702 e. The molecule has 0 saturated carbocycles. The molecule has 0 fully saturated rings. The van der Waals surface area contributed by atoms with Crippen molar-refractivity contribution in [2.24, 2.45) is 0 Å². The molecule has 3 aromatic rings. The zero-order valence-corrected chi connectivity index (χ0v) is 16.9. The van der Waals surface area contributed by atoms with E-state index in [1.807, 2.05) is 23.5 Å². The summed E-state index contributed by atoms with van der Waals surface area (Å²) >= 11 is 8.45. The molecular formula is C23H24ClNS. The second-order valence-electron chi connectivity index (χ2n) is 6.96. The van der Waals surface area contributed by atoms with Crippen LogP contribution in [0.25, 0.3) is 0 Å². The number of hydrogen-bond donors (Lipinski definition) is 0. The summed E-state index contributed by atoms with van der Waals surface area (Å²) in [6.07, 6.45) is 2.26. The van der Waals surface area contributed by atoms with E-state index in [2.05, 4.69) is 61.2 Å². The van der Waals surface area contributed by atoms with Gasteiger partial charge in [-0.2, -0.15) is 0 Å². The Morgan fingerprint density at radius 1 is 1.08 bits per heavy atom. The van der Waals surface area contributed by atoms with E-state index >= 15 is 0 Å². The molecule has 0 unspecified atom stereocenters. The highest BCUT2D eigenvalue weighted by molar-refractivity contribution is 7.12. The van der Waals surface area contributed by atoms with Crippen LogP contribution in [-0.2, 0) is 19.4 Å². The van der Waals surface area contributed by atoms with Crippen LogP contribution in [0.3, 0.4) is 0 Å². The van der Waals surface area contributed by atoms with Crippen LogP contribution in [0.2, 0.25) is 5.02 Å². The van der Waals surface area contributed by atoms with Gasteiger partial charge in [0.25, 0.3) is 0 Å². The van der Waals surface area contributed by atoms with E-state index in [1.165, 1.54) is 20.9 Å². The van der Waals surface area contributed by atoms with Crippen LogP contribution in [0.4, 0.5) is 0 Å². The standard InChI is InChI=1S/C23H24ClNS/c1-3-19-16(2)26-23-20(19)13-14-25(15-18-11-7-8-12-21(18)24)22(23)17-9-5-4-6-10-17/h4-12,22H,3,13-15H2,1-2H3/t22-/m1/s1. The molecule has 0 bridgehead atoms. The minimum atomic E-state index is 0.320. The van der Waals surface area contributed by atoms with Crippen molar-refractivity contribution in [3.8, 4) is 0 Å². The van der Waals surface area contributed by atoms with Gasteiger partial charge in [0, 0.05) is 27.9 Å². The van der Waals surface area contributed by atoms with Crippen molar-refractivity contribution in [3.63, 3.8) is 0 Å². The van der Waals surface area contributed by atoms with Gasteiger partial charge in [0.05, 0.1) is 6.04 Å². The second-order valence-corrected chi connectivity index (χ2v) is 8.62. The molecule has 134 valence electrons. The fourth-order valence-electron chi connectivity index (χ4n) is 4.17. The number of rotatable bonds is 4. The molecule has 26 heavy (non-hydrogen) atoms. The van der Waals surface area contributed by atoms with Crippen LogP contribution >= 0.6 is 22.9 Å². The first kappa shape index (κ1) is 17.8. The number of fused-ring (bicyclic) bond motifs is 1. The van der Waals surface area contributed by atoms with Gasteiger partial charge in [-0.3, -0.25) is 4.90 Å². The van der Waals surface area contributed by atoms with E-state index in [0.717, 1.165) is 31.0 Å². The van der Waals surface area contributed by atoms with E-state index < -0.39 is 0 Å². The summed E-state index contributed by atoms with van der Waals surface area (Å²) in [4.78, 5) is 5.61. The maximum Gasteiger partial charge on any atom is 0.0702 e. The van der Waals surface area contributed by atoms with Gasteiger partial charge >= 0.3 is 0 Å². The molecule has 1 aliphatic heterocycles. The van der Waals surface area contributed by atoms with Gasteiger partial charge in [-0.05, 0) is 48.1 Å². The van der Waals surface area contributed by atoms with Crippen molar-refractivity contribution in [1.29, 1.82) is 0 Å². The maximum absolute atomic E-state index is 6.47. The van der Waals surface area contributed by atoms with Gasteiger partial charge < -0.3 is 0 Å². The van der Waals surface area contributed by atoms with Crippen molar-refractivity contribution < 1.29 is 0 Å². The van der Waals surface area contributed by atoms with E-state index in [4.69, 9.17) is 11.6 Å². The van der Waals surface area contributed by atoms with Gasteiger partial charge in [-0.1, -0.05) is 67.1 Å². The van der Waals surface area contributed by atoms with Crippen molar-refractivity contribution >= 4 is 22.9 Å². The number of hydrogen-bond acceptors (Lipinski definition) is 2. The van der Waals surface area contributed by atoms with Crippen LogP contribution in [0.5, 0.6) is 0 Å². The highest BCUT2D eigenvalue weighted by Gasteiger charge is 2.32. The molecule has 4 rings (SSSR count). The van der Waals surface area contributed by atoms with Crippen molar-refractivity contribution in [2.75, 3.05) is 6.54 Å². The minimum absolute atomic E-state index is 0.320. The molecule has 0 N–H and O–H groups in total. The monoisotopic (exact) mass is 381 g/mol. The molecule has 2 heterocycles. The molecule has 0 saturated heterocycles. The lowest BCUT2D eigenvalue weighted by molar-refractivity contribution is 0.208. The zero-order valence-electron chi connectivity index (χ0n) is 15.3. The summed E-state index contributed by atoms with van der Waals surface area (Å²) in [5.41, 5.74) is 5.76. The molecule has 0 amide bonds. The fraction of sp³-hybridized carbons (Fsp3) is 0.304. The highest BCUT2D eigenvalue weighted by atomic mass is 35.5. The molecular weight excluding hydrogens is 358 g/mol. The van der Waals surface area contributed by atoms with Gasteiger partial charge in [0.1, 0.15) is 0 Å². The maximum atomic E-state index is 6.47. The Labute approximate surface area is 165 Å². The quantitative estimate of drug-likeness (QED) is 0.504. The number of halogens is 1. The first-order valence-electron chi connectivity index (χ1n) is 9.32. The molecule has 2 aromatic carbocycles. The lowest BCUT2D eigenvalue weighted by atomic mass is 9.91. The average molecular weight is 382 g/mol.